The number of ether oxygens (including phenoxy) is 1. The summed E-state index contributed by atoms with van der Waals surface area (Å²) >= 11 is 3.45. The second-order valence-electron chi connectivity index (χ2n) is 4.35. The van der Waals surface area contributed by atoms with Gasteiger partial charge in [-0.25, -0.2) is 0 Å². The SMILES string of the molecule is CCOc1ccc(NC(=O)c2cccc(C)c2Br)cc1. The van der Waals surface area contributed by atoms with Crippen molar-refractivity contribution in [3.63, 3.8) is 0 Å². The van der Waals surface area contributed by atoms with Gasteiger partial charge in [-0.1, -0.05) is 12.1 Å². The van der Waals surface area contributed by atoms with E-state index in [9.17, 15) is 4.79 Å². The van der Waals surface area contributed by atoms with E-state index in [1.165, 1.54) is 0 Å². The Kier molecular flexibility index (Phi) is 4.79. The summed E-state index contributed by atoms with van der Waals surface area (Å²) in [5.74, 6) is 0.659. The molecule has 2 rings (SSSR count). The van der Waals surface area contributed by atoms with Crippen LogP contribution < -0.4 is 10.1 Å². The Labute approximate surface area is 127 Å². The van der Waals surface area contributed by atoms with Crippen LogP contribution in [0.5, 0.6) is 5.75 Å². The third-order valence-corrected chi connectivity index (χ3v) is 3.91. The smallest absolute Gasteiger partial charge is 0.256 e. The Morgan fingerprint density at radius 1 is 1.20 bits per heavy atom. The van der Waals surface area contributed by atoms with Crippen molar-refractivity contribution in [2.75, 3.05) is 11.9 Å². The van der Waals surface area contributed by atoms with Gasteiger partial charge in [-0.15, -0.1) is 0 Å². The zero-order valence-electron chi connectivity index (χ0n) is 11.4. The summed E-state index contributed by atoms with van der Waals surface area (Å²) < 4.78 is 6.19. The van der Waals surface area contributed by atoms with Gasteiger partial charge in [0.2, 0.25) is 0 Å². The van der Waals surface area contributed by atoms with Gasteiger partial charge in [0.05, 0.1) is 12.2 Å². The predicted octanol–water partition coefficient (Wildman–Crippen LogP) is 4.41. The minimum atomic E-state index is -0.135. The van der Waals surface area contributed by atoms with Gasteiger partial charge in [0, 0.05) is 10.2 Å². The number of nitrogens with one attached hydrogen (secondary N) is 1. The summed E-state index contributed by atoms with van der Waals surface area (Å²) in [5.41, 5.74) is 2.40. The molecule has 3 nitrogen and oxygen atoms in total. The zero-order chi connectivity index (χ0) is 14.5. The minimum absolute atomic E-state index is 0.135. The monoisotopic (exact) mass is 333 g/mol. The number of carbonyl (C=O) groups is 1. The molecule has 0 radical (unpaired) electrons. The Morgan fingerprint density at radius 3 is 2.55 bits per heavy atom. The molecule has 20 heavy (non-hydrogen) atoms. The van der Waals surface area contributed by atoms with E-state index in [1.807, 2.05) is 50.2 Å². The summed E-state index contributed by atoms with van der Waals surface area (Å²) in [5, 5.41) is 2.87. The van der Waals surface area contributed by atoms with Gasteiger partial charge in [0.25, 0.3) is 5.91 Å². The molecule has 2 aromatic rings. The summed E-state index contributed by atoms with van der Waals surface area (Å²) in [6.07, 6.45) is 0. The van der Waals surface area contributed by atoms with E-state index in [0.717, 1.165) is 21.5 Å². The number of hydrogen-bond acceptors (Lipinski definition) is 2. The molecular weight excluding hydrogens is 318 g/mol. The average Bonchev–Trinajstić information content (AvgIpc) is 2.44. The fourth-order valence-corrected chi connectivity index (χ4v) is 2.27. The van der Waals surface area contributed by atoms with E-state index in [2.05, 4.69) is 21.2 Å². The van der Waals surface area contributed by atoms with Crippen molar-refractivity contribution in [1.82, 2.24) is 0 Å². The largest absolute Gasteiger partial charge is 0.494 e. The number of amides is 1. The molecule has 0 unspecified atom stereocenters. The van der Waals surface area contributed by atoms with Gasteiger partial charge >= 0.3 is 0 Å². The highest BCUT2D eigenvalue weighted by molar-refractivity contribution is 9.10. The molecule has 0 heterocycles. The van der Waals surface area contributed by atoms with Crippen LogP contribution in [0.25, 0.3) is 0 Å². The van der Waals surface area contributed by atoms with Gasteiger partial charge in [-0.3, -0.25) is 4.79 Å². The Bertz CT molecular complexity index is 608. The van der Waals surface area contributed by atoms with Crippen molar-refractivity contribution in [3.05, 3.63) is 58.1 Å². The van der Waals surface area contributed by atoms with Crippen LogP contribution >= 0.6 is 15.9 Å². The van der Waals surface area contributed by atoms with Gasteiger partial charge < -0.3 is 10.1 Å². The van der Waals surface area contributed by atoms with Crippen molar-refractivity contribution >= 4 is 27.5 Å². The average molecular weight is 334 g/mol. The quantitative estimate of drug-likeness (QED) is 0.899. The molecule has 104 valence electrons. The normalized spacial score (nSPS) is 10.2. The van der Waals surface area contributed by atoms with Crippen LogP contribution in [0.4, 0.5) is 5.69 Å². The van der Waals surface area contributed by atoms with Crippen LogP contribution in [-0.2, 0) is 0 Å². The number of aryl methyl sites for hydroxylation is 1. The zero-order valence-corrected chi connectivity index (χ0v) is 13.0. The topological polar surface area (TPSA) is 38.3 Å². The van der Waals surface area contributed by atoms with Crippen molar-refractivity contribution in [2.24, 2.45) is 0 Å². The molecule has 0 aromatic heterocycles. The highest BCUT2D eigenvalue weighted by Crippen LogP contribution is 2.23. The lowest BCUT2D eigenvalue weighted by molar-refractivity contribution is 0.102. The van der Waals surface area contributed by atoms with Crippen LogP contribution in [-0.4, -0.2) is 12.5 Å². The number of hydrogen-bond donors (Lipinski definition) is 1. The highest BCUT2D eigenvalue weighted by atomic mass is 79.9. The first kappa shape index (κ1) is 14.6. The molecule has 0 aliphatic rings. The van der Waals surface area contributed by atoms with E-state index in [1.54, 1.807) is 6.07 Å². The lowest BCUT2D eigenvalue weighted by Gasteiger charge is -2.09. The molecule has 0 saturated heterocycles. The Balaban J connectivity index is 2.13. The number of halogens is 1. The number of benzene rings is 2. The van der Waals surface area contributed by atoms with E-state index >= 15 is 0 Å². The van der Waals surface area contributed by atoms with Gasteiger partial charge in [0.15, 0.2) is 0 Å². The molecule has 0 aliphatic heterocycles. The summed E-state index contributed by atoms with van der Waals surface area (Å²) in [6.45, 7) is 4.52. The number of carbonyl (C=O) groups excluding carboxylic acids is 1. The Morgan fingerprint density at radius 2 is 1.90 bits per heavy atom. The first-order valence-electron chi connectivity index (χ1n) is 6.41. The molecule has 1 amide bonds. The highest BCUT2D eigenvalue weighted by Gasteiger charge is 2.11. The standard InChI is InChI=1S/C16H16BrNO2/c1-3-20-13-9-7-12(8-10-13)18-16(19)14-6-4-5-11(2)15(14)17/h4-10H,3H2,1-2H3,(H,18,19). The van der Waals surface area contributed by atoms with Crippen molar-refractivity contribution in [1.29, 1.82) is 0 Å². The van der Waals surface area contributed by atoms with Crippen molar-refractivity contribution < 1.29 is 9.53 Å². The second-order valence-corrected chi connectivity index (χ2v) is 5.14. The first-order chi connectivity index (χ1) is 9.61. The molecule has 0 saturated carbocycles. The van der Waals surface area contributed by atoms with E-state index < -0.39 is 0 Å². The molecule has 0 fully saturated rings. The lowest BCUT2D eigenvalue weighted by Crippen LogP contribution is -2.12. The molecule has 2 aromatic carbocycles. The molecule has 0 aliphatic carbocycles. The van der Waals surface area contributed by atoms with E-state index in [-0.39, 0.29) is 5.91 Å². The number of anilines is 1. The van der Waals surface area contributed by atoms with Gasteiger partial charge in [-0.05, 0) is 65.7 Å². The summed E-state index contributed by atoms with van der Waals surface area (Å²) in [4.78, 5) is 12.2. The minimum Gasteiger partial charge on any atom is -0.494 e. The number of rotatable bonds is 4. The molecule has 0 spiro atoms. The van der Waals surface area contributed by atoms with Gasteiger partial charge in [-0.2, -0.15) is 0 Å². The van der Waals surface area contributed by atoms with E-state index in [4.69, 9.17) is 4.74 Å². The molecule has 0 atom stereocenters. The third-order valence-electron chi connectivity index (χ3n) is 2.86. The molecule has 4 heteroatoms. The molecule has 1 N–H and O–H groups in total. The van der Waals surface area contributed by atoms with E-state index in [0.29, 0.717) is 12.2 Å². The van der Waals surface area contributed by atoms with Crippen LogP contribution in [0.3, 0.4) is 0 Å². The predicted molar refractivity (Wildman–Crippen MR) is 84.4 cm³/mol. The van der Waals surface area contributed by atoms with Crippen LogP contribution in [0, 0.1) is 6.92 Å². The first-order valence-corrected chi connectivity index (χ1v) is 7.20. The van der Waals surface area contributed by atoms with Crippen molar-refractivity contribution in [3.8, 4) is 5.75 Å². The maximum Gasteiger partial charge on any atom is 0.256 e. The van der Waals surface area contributed by atoms with Crippen molar-refractivity contribution in [2.45, 2.75) is 13.8 Å². The van der Waals surface area contributed by atoms with Crippen LogP contribution in [0.15, 0.2) is 46.9 Å². The van der Waals surface area contributed by atoms with Crippen LogP contribution in [0.1, 0.15) is 22.8 Å². The molecular formula is C16H16BrNO2. The summed E-state index contributed by atoms with van der Waals surface area (Å²) in [7, 11) is 0. The Hall–Kier alpha value is -1.81. The summed E-state index contributed by atoms with van der Waals surface area (Å²) in [6, 6.07) is 12.9. The maximum atomic E-state index is 12.2. The second kappa shape index (κ2) is 6.57. The third kappa shape index (κ3) is 3.39. The maximum absolute atomic E-state index is 12.2. The lowest BCUT2D eigenvalue weighted by atomic mass is 10.1. The van der Waals surface area contributed by atoms with Gasteiger partial charge in [0.1, 0.15) is 5.75 Å². The van der Waals surface area contributed by atoms with Crippen LogP contribution in [0.2, 0.25) is 0 Å². The molecule has 0 bridgehead atoms. The fraction of sp³-hybridized carbons (Fsp3) is 0.188. The fourth-order valence-electron chi connectivity index (χ4n) is 1.82.